The van der Waals surface area contributed by atoms with Gasteiger partial charge in [0.05, 0.1) is 10.2 Å². The number of amides is 3. The number of urea groups is 1. The van der Waals surface area contributed by atoms with Crippen molar-refractivity contribution in [3.63, 3.8) is 0 Å². The first-order chi connectivity index (χ1) is 13.2. The zero-order valence-electron chi connectivity index (χ0n) is 14.8. The minimum absolute atomic E-state index is 0.00774. The molecule has 0 spiro atoms. The minimum Gasteiger partial charge on any atom is -0.322 e. The summed E-state index contributed by atoms with van der Waals surface area (Å²) >= 11 is 1.45. The summed E-state index contributed by atoms with van der Waals surface area (Å²) in [6.45, 7) is 2.36. The zero-order valence-corrected chi connectivity index (χ0v) is 15.6. The summed E-state index contributed by atoms with van der Waals surface area (Å²) < 4.78 is 1.04. The highest BCUT2D eigenvalue weighted by atomic mass is 32.1. The van der Waals surface area contributed by atoms with E-state index >= 15 is 0 Å². The number of carbonyl (C=O) groups excluding carboxylic acids is 2. The Kier molecular flexibility index (Phi) is 5.02. The summed E-state index contributed by atoms with van der Waals surface area (Å²) in [5.74, 6) is -0.122. The number of nitrogens with zero attached hydrogens (tertiary/aromatic N) is 3. The number of fused-ring (bicyclic) bond motifs is 1. The highest BCUT2D eigenvalue weighted by molar-refractivity contribution is 7.22. The maximum Gasteiger partial charge on any atom is 0.320 e. The predicted molar refractivity (Wildman–Crippen MR) is 107 cm³/mol. The van der Waals surface area contributed by atoms with Crippen LogP contribution in [0.15, 0.2) is 54.6 Å². The van der Waals surface area contributed by atoms with Gasteiger partial charge in [-0.1, -0.05) is 53.8 Å². The molecular formula is C20H20N4O2S. The molecule has 2 aromatic carbocycles. The summed E-state index contributed by atoms with van der Waals surface area (Å²) in [6, 6.07) is 17.7. The second-order valence-corrected chi connectivity index (χ2v) is 7.49. The maximum absolute atomic E-state index is 12.5. The number of para-hydroxylation sites is 1. The number of carbonyl (C=O) groups is 2. The van der Waals surface area contributed by atoms with Crippen molar-refractivity contribution in [2.75, 3.05) is 25.0 Å². The smallest absolute Gasteiger partial charge is 0.320 e. The standard InChI is InChI=1S/C20H20N4O2S/c25-18(22-19-21-16-8-4-5-9-17(16)27-19)10-11-23-12-13-24(20(23)26)14-15-6-2-1-3-7-15/h1-9H,10-14H2,(H,21,22,25). The van der Waals surface area contributed by atoms with Crippen LogP contribution < -0.4 is 5.32 Å². The highest BCUT2D eigenvalue weighted by Gasteiger charge is 2.28. The van der Waals surface area contributed by atoms with E-state index in [2.05, 4.69) is 10.3 Å². The Morgan fingerprint density at radius 1 is 1.04 bits per heavy atom. The second-order valence-electron chi connectivity index (χ2n) is 6.46. The van der Waals surface area contributed by atoms with Gasteiger partial charge in [-0.25, -0.2) is 9.78 Å². The molecule has 1 saturated heterocycles. The van der Waals surface area contributed by atoms with E-state index in [1.807, 2.05) is 59.5 Å². The number of nitrogens with one attached hydrogen (secondary N) is 1. The van der Waals surface area contributed by atoms with Crippen molar-refractivity contribution < 1.29 is 9.59 Å². The van der Waals surface area contributed by atoms with Crippen LogP contribution in [0, 0.1) is 0 Å². The molecule has 138 valence electrons. The average molecular weight is 380 g/mol. The quantitative estimate of drug-likeness (QED) is 0.711. The first-order valence-corrected chi connectivity index (χ1v) is 9.74. The summed E-state index contributed by atoms with van der Waals surface area (Å²) in [5.41, 5.74) is 1.99. The number of hydrogen-bond acceptors (Lipinski definition) is 4. The van der Waals surface area contributed by atoms with Gasteiger partial charge in [-0.3, -0.25) is 4.79 Å². The van der Waals surface area contributed by atoms with E-state index in [-0.39, 0.29) is 18.4 Å². The highest BCUT2D eigenvalue weighted by Crippen LogP contribution is 2.25. The normalized spacial score (nSPS) is 14.1. The summed E-state index contributed by atoms with van der Waals surface area (Å²) in [4.78, 5) is 32.7. The monoisotopic (exact) mass is 380 g/mol. The van der Waals surface area contributed by atoms with Gasteiger partial charge in [-0.05, 0) is 17.7 Å². The first kappa shape index (κ1) is 17.5. The van der Waals surface area contributed by atoms with Gasteiger partial charge in [-0.15, -0.1) is 0 Å². The van der Waals surface area contributed by atoms with Crippen LogP contribution in [0.3, 0.4) is 0 Å². The van der Waals surface area contributed by atoms with Gasteiger partial charge in [0.25, 0.3) is 0 Å². The Hall–Kier alpha value is -2.93. The third-order valence-corrected chi connectivity index (χ3v) is 5.50. The molecule has 0 saturated carbocycles. The third-order valence-electron chi connectivity index (χ3n) is 4.55. The average Bonchev–Trinajstić information content (AvgIpc) is 3.24. The molecule has 3 amide bonds. The molecule has 1 aromatic heterocycles. The van der Waals surface area contributed by atoms with Crippen LogP contribution in [0.5, 0.6) is 0 Å². The van der Waals surface area contributed by atoms with Gasteiger partial charge >= 0.3 is 6.03 Å². The Labute approximate surface area is 161 Å². The molecule has 0 bridgehead atoms. The van der Waals surface area contributed by atoms with Crippen LogP contribution >= 0.6 is 11.3 Å². The Bertz CT molecular complexity index is 924. The lowest BCUT2D eigenvalue weighted by molar-refractivity contribution is -0.116. The fourth-order valence-corrected chi connectivity index (χ4v) is 4.02. The topological polar surface area (TPSA) is 65.5 Å². The van der Waals surface area contributed by atoms with Crippen molar-refractivity contribution in [2.45, 2.75) is 13.0 Å². The molecule has 27 heavy (non-hydrogen) atoms. The van der Waals surface area contributed by atoms with Crippen LogP contribution in [0.1, 0.15) is 12.0 Å². The molecule has 0 unspecified atom stereocenters. The van der Waals surface area contributed by atoms with Crippen molar-refractivity contribution >= 4 is 38.6 Å². The number of aromatic nitrogens is 1. The van der Waals surface area contributed by atoms with Crippen molar-refractivity contribution in [3.05, 3.63) is 60.2 Å². The molecule has 3 aromatic rings. The molecule has 1 aliphatic rings. The van der Waals surface area contributed by atoms with Gasteiger partial charge < -0.3 is 15.1 Å². The van der Waals surface area contributed by atoms with E-state index in [0.717, 1.165) is 15.8 Å². The van der Waals surface area contributed by atoms with E-state index < -0.39 is 0 Å². The van der Waals surface area contributed by atoms with Crippen molar-refractivity contribution in [1.82, 2.24) is 14.8 Å². The Balaban J connectivity index is 1.28. The van der Waals surface area contributed by atoms with Crippen LogP contribution in [0.4, 0.5) is 9.93 Å². The number of hydrogen-bond donors (Lipinski definition) is 1. The van der Waals surface area contributed by atoms with Crippen molar-refractivity contribution in [1.29, 1.82) is 0 Å². The van der Waals surface area contributed by atoms with Crippen molar-refractivity contribution in [3.8, 4) is 0 Å². The van der Waals surface area contributed by atoms with Gasteiger partial charge in [0.1, 0.15) is 0 Å². The van der Waals surface area contributed by atoms with Gasteiger partial charge in [0.2, 0.25) is 5.91 Å². The lowest BCUT2D eigenvalue weighted by Crippen LogP contribution is -2.33. The number of thiazole rings is 1. The maximum atomic E-state index is 12.5. The Morgan fingerprint density at radius 2 is 1.78 bits per heavy atom. The lowest BCUT2D eigenvalue weighted by Gasteiger charge is -2.18. The summed E-state index contributed by atoms with van der Waals surface area (Å²) in [7, 11) is 0. The third kappa shape index (κ3) is 4.09. The van der Waals surface area contributed by atoms with Crippen molar-refractivity contribution in [2.24, 2.45) is 0 Å². The molecule has 1 fully saturated rings. The number of anilines is 1. The minimum atomic E-state index is -0.122. The Morgan fingerprint density at radius 3 is 2.59 bits per heavy atom. The molecule has 2 heterocycles. The molecule has 0 atom stereocenters. The molecule has 1 aliphatic heterocycles. The van der Waals surface area contributed by atoms with E-state index in [0.29, 0.717) is 31.3 Å². The fourth-order valence-electron chi connectivity index (χ4n) is 3.13. The number of benzene rings is 2. The van der Waals surface area contributed by atoms with Crippen LogP contribution in [-0.4, -0.2) is 46.4 Å². The second kappa shape index (κ2) is 7.75. The zero-order chi connectivity index (χ0) is 18.6. The van der Waals surface area contributed by atoms with E-state index in [1.165, 1.54) is 11.3 Å². The first-order valence-electron chi connectivity index (χ1n) is 8.92. The molecule has 0 radical (unpaired) electrons. The largest absolute Gasteiger partial charge is 0.322 e. The predicted octanol–water partition coefficient (Wildman–Crippen LogP) is 3.56. The van der Waals surface area contributed by atoms with Gasteiger partial charge in [-0.2, -0.15) is 0 Å². The van der Waals surface area contributed by atoms with Gasteiger partial charge in [0, 0.05) is 32.6 Å². The molecule has 6 nitrogen and oxygen atoms in total. The van der Waals surface area contributed by atoms with Crippen LogP contribution in [0.2, 0.25) is 0 Å². The molecule has 1 N–H and O–H groups in total. The fraction of sp³-hybridized carbons (Fsp3) is 0.250. The summed E-state index contributed by atoms with van der Waals surface area (Å²) in [6.07, 6.45) is 0.265. The van der Waals surface area contributed by atoms with E-state index in [4.69, 9.17) is 0 Å². The molecule has 4 rings (SSSR count). The van der Waals surface area contributed by atoms with Crippen LogP contribution in [0.25, 0.3) is 10.2 Å². The van der Waals surface area contributed by atoms with Crippen LogP contribution in [-0.2, 0) is 11.3 Å². The molecular weight excluding hydrogens is 360 g/mol. The molecule has 7 heteroatoms. The SMILES string of the molecule is O=C(CCN1CCN(Cc2ccccc2)C1=O)Nc1nc2ccccc2s1. The number of rotatable bonds is 6. The summed E-state index contributed by atoms with van der Waals surface area (Å²) in [5, 5.41) is 3.43. The molecule has 0 aliphatic carbocycles. The van der Waals surface area contributed by atoms with E-state index in [1.54, 1.807) is 4.90 Å². The van der Waals surface area contributed by atoms with Gasteiger partial charge in [0.15, 0.2) is 5.13 Å². The lowest BCUT2D eigenvalue weighted by atomic mass is 10.2. The van der Waals surface area contributed by atoms with E-state index in [9.17, 15) is 9.59 Å².